The predicted octanol–water partition coefficient (Wildman–Crippen LogP) is 3.49. The van der Waals surface area contributed by atoms with E-state index in [9.17, 15) is 19.1 Å². The van der Waals surface area contributed by atoms with E-state index >= 15 is 0 Å². The third kappa shape index (κ3) is 3.64. The van der Waals surface area contributed by atoms with Crippen LogP contribution in [0.25, 0.3) is 11.4 Å². The fourth-order valence-electron chi connectivity index (χ4n) is 4.47. The molecule has 0 aliphatic carbocycles. The number of rotatable bonds is 6. The minimum atomic E-state index is -0.850. The van der Waals surface area contributed by atoms with E-state index in [4.69, 9.17) is 0 Å². The van der Waals surface area contributed by atoms with Gasteiger partial charge in [0.15, 0.2) is 5.76 Å². The van der Waals surface area contributed by atoms with E-state index in [1.54, 1.807) is 42.2 Å². The topological polar surface area (TPSA) is 92.7 Å². The zero-order chi connectivity index (χ0) is 23.8. The van der Waals surface area contributed by atoms with Gasteiger partial charge in [0, 0.05) is 31.7 Å². The Hall–Kier alpha value is -4.27. The van der Waals surface area contributed by atoms with Crippen LogP contribution >= 0.6 is 0 Å². The number of aromatic nitrogens is 4. The Morgan fingerprint density at radius 3 is 2.62 bits per heavy atom. The summed E-state index contributed by atoms with van der Waals surface area (Å²) in [5, 5.41) is 11.4. The lowest BCUT2D eigenvalue weighted by Crippen LogP contribution is -2.31. The molecule has 0 radical (unpaired) electrons. The lowest BCUT2D eigenvalue weighted by Gasteiger charge is -2.25. The Labute approximate surface area is 194 Å². The van der Waals surface area contributed by atoms with Gasteiger partial charge in [-0.15, -0.1) is 0 Å². The van der Waals surface area contributed by atoms with Gasteiger partial charge in [0.2, 0.25) is 0 Å². The van der Waals surface area contributed by atoms with Gasteiger partial charge in [0.1, 0.15) is 17.2 Å². The number of hydrogen-bond donors (Lipinski definition) is 1. The number of halogens is 1. The Bertz CT molecular complexity index is 1410. The van der Waals surface area contributed by atoms with E-state index in [0.29, 0.717) is 35.6 Å². The first kappa shape index (κ1) is 21.6. The Morgan fingerprint density at radius 2 is 1.88 bits per heavy atom. The first-order valence-electron chi connectivity index (χ1n) is 10.9. The molecule has 1 aromatic carbocycles. The van der Waals surface area contributed by atoms with E-state index in [-0.39, 0.29) is 17.9 Å². The maximum absolute atomic E-state index is 13.7. The quantitative estimate of drug-likeness (QED) is 0.271. The number of likely N-dealkylation sites (tertiary alicyclic amines) is 1. The minimum absolute atomic E-state index is 0.0343. The third-order valence-electron chi connectivity index (χ3n) is 6.03. The lowest BCUT2D eigenvalue weighted by atomic mass is 9.96. The number of Topliss-reactive ketones (excluding diaryl/α,β-unsaturated/α-hetero) is 1. The van der Waals surface area contributed by atoms with Gasteiger partial charge in [0.05, 0.1) is 23.6 Å². The summed E-state index contributed by atoms with van der Waals surface area (Å²) in [5.74, 6) is -2.22. The van der Waals surface area contributed by atoms with Crippen LogP contribution in [-0.4, -0.2) is 47.2 Å². The van der Waals surface area contributed by atoms with Crippen molar-refractivity contribution >= 4 is 23.1 Å². The van der Waals surface area contributed by atoms with Crippen LogP contribution in [0.15, 0.2) is 73.0 Å². The molecule has 1 saturated heterocycles. The highest BCUT2D eigenvalue weighted by Gasteiger charge is 2.46. The number of hydrogen-bond acceptors (Lipinski definition) is 5. The molecule has 4 heterocycles. The monoisotopic (exact) mass is 459 g/mol. The van der Waals surface area contributed by atoms with E-state index in [1.807, 2.05) is 16.8 Å². The highest BCUT2D eigenvalue weighted by molar-refractivity contribution is 6.46. The van der Waals surface area contributed by atoms with Crippen molar-refractivity contribution in [3.05, 3.63) is 95.7 Å². The number of carbonyl (C=O) groups excluding carboxylic acids is 2. The summed E-state index contributed by atoms with van der Waals surface area (Å²) in [4.78, 5) is 36.2. The summed E-state index contributed by atoms with van der Waals surface area (Å²) in [7, 11) is 0. The number of benzene rings is 1. The zero-order valence-corrected chi connectivity index (χ0v) is 18.4. The van der Waals surface area contributed by atoms with Crippen molar-refractivity contribution in [3.63, 3.8) is 0 Å². The molecule has 1 aliphatic rings. The number of pyridine rings is 1. The summed E-state index contributed by atoms with van der Waals surface area (Å²) in [6.07, 6.45) is 7.47. The summed E-state index contributed by atoms with van der Waals surface area (Å²) in [5.41, 5.74) is 1.98. The van der Waals surface area contributed by atoms with Gasteiger partial charge in [-0.1, -0.05) is 18.2 Å². The number of aryl methyl sites for hydroxylation is 2. The van der Waals surface area contributed by atoms with Crippen LogP contribution < -0.4 is 0 Å². The summed E-state index contributed by atoms with van der Waals surface area (Å²) >= 11 is 0. The standard InChI is InChI=1S/C25H22FN5O3/c1-16-21(30-12-3-2-5-19(30)28-16)23(32)20-22(17-6-8-18(26)9-7-17)31(25(34)24(20)33)13-4-11-29-14-10-27-15-29/h2-3,5-10,12,14-15,22,32H,4,11,13H2,1H3/b23-20+/t22-/m1/s1. The predicted molar refractivity (Wildman–Crippen MR) is 122 cm³/mol. The average molecular weight is 459 g/mol. The molecule has 0 saturated carbocycles. The number of imidazole rings is 2. The third-order valence-corrected chi connectivity index (χ3v) is 6.03. The average Bonchev–Trinajstić information content (AvgIpc) is 3.52. The van der Waals surface area contributed by atoms with Crippen molar-refractivity contribution in [2.24, 2.45) is 0 Å². The Balaban J connectivity index is 1.60. The molecule has 0 unspecified atom stereocenters. The van der Waals surface area contributed by atoms with Gasteiger partial charge in [-0.05, 0) is 43.2 Å². The molecule has 8 nitrogen and oxygen atoms in total. The van der Waals surface area contributed by atoms with Crippen LogP contribution in [0.2, 0.25) is 0 Å². The number of aliphatic hydroxyl groups is 1. The fraction of sp³-hybridized carbons (Fsp3) is 0.200. The SMILES string of the molecule is Cc1nc2ccccn2c1/C(O)=C1\C(=O)C(=O)N(CCCn2ccnc2)[C@@H]1c1ccc(F)cc1. The Kier molecular flexibility index (Phi) is 5.45. The van der Waals surface area contributed by atoms with Crippen LogP contribution in [0.3, 0.4) is 0 Å². The molecule has 172 valence electrons. The van der Waals surface area contributed by atoms with Gasteiger partial charge >= 0.3 is 0 Å². The zero-order valence-electron chi connectivity index (χ0n) is 18.4. The number of fused-ring (bicyclic) bond motifs is 1. The van der Waals surface area contributed by atoms with Crippen LogP contribution in [-0.2, 0) is 16.1 Å². The van der Waals surface area contributed by atoms with Gasteiger partial charge < -0.3 is 14.6 Å². The van der Waals surface area contributed by atoms with Crippen LogP contribution in [0.5, 0.6) is 0 Å². The van der Waals surface area contributed by atoms with E-state index in [2.05, 4.69) is 9.97 Å². The van der Waals surface area contributed by atoms with Crippen LogP contribution in [0.1, 0.15) is 29.4 Å². The van der Waals surface area contributed by atoms with Crippen molar-refractivity contribution < 1.29 is 19.1 Å². The van der Waals surface area contributed by atoms with Gasteiger partial charge in [-0.2, -0.15) is 0 Å². The molecule has 1 N–H and O–H groups in total. The number of carbonyl (C=O) groups is 2. The fourth-order valence-corrected chi connectivity index (χ4v) is 4.47. The van der Waals surface area contributed by atoms with Crippen LogP contribution in [0, 0.1) is 12.7 Å². The van der Waals surface area contributed by atoms with Crippen LogP contribution in [0.4, 0.5) is 4.39 Å². The maximum Gasteiger partial charge on any atom is 0.295 e. The minimum Gasteiger partial charge on any atom is -0.505 e. The molecule has 5 rings (SSSR count). The molecule has 1 atom stereocenters. The highest BCUT2D eigenvalue weighted by Crippen LogP contribution is 2.40. The molecular weight excluding hydrogens is 437 g/mol. The van der Waals surface area contributed by atoms with Crippen molar-refractivity contribution in [2.45, 2.75) is 25.9 Å². The van der Waals surface area contributed by atoms with Crippen molar-refractivity contribution in [1.82, 2.24) is 23.8 Å². The molecule has 1 aliphatic heterocycles. The highest BCUT2D eigenvalue weighted by atomic mass is 19.1. The number of nitrogens with zero attached hydrogens (tertiary/aromatic N) is 5. The Morgan fingerprint density at radius 1 is 1.09 bits per heavy atom. The number of aliphatic hydroxyl groups excluding tert-OH is 1. The van der Waals surface area contributed by atoms with Crippen molar-refractivity contribution in [1.29, 1.82) is 0 Å². The second kappa shape index (κ2) is 8.58. The summed E-state index contributed by atoms with van der Waals surface area (Å²) < 4.78 is 17.2. The summed E-state index contributed by atoms with van der Waals surface area (Å²) in [6.45, 7) is 2.61. The smallest absolute Gasteiger partial charge is 0.295 e. The molecule has 34 heavy (non-hydrogen) atoms. The lowest BCUT2D eigenvalue weighted by molar-refractivity contribution is -0.139. The second-order valence-corrected chi connectivity index (χ2v) is 8.17. The van der Waals surface area contributed by atoms with Crippen molar-refractivity contribution in [2.75, 3.05) is 6.54 Å². The largest absolute Gasteiger partial charge is 0.505 e. The molecule has 0 bridgehead atoms. The van der Waals surface area contributed by atoms with Gasteiger partial charge in [0.25, 0.3) is 11.7 Å². The van der Waals surface area contributed by atoms with Gasteiger partial charge in [-0.25, -0.2) is 14.4 Å². The normalized spacial score (nSPS) is 17.7. The molecule has 3 aromatic heterocycles. The van der Waals surface area contributed by atoms with Gasteiger partial charge in [-0.3, -0.25) is 14.0 Å². The first-order valence-corrected chi connectivity index (χ1v) is 10.9. The molecule has 0 spiro atoms. The van der Waals surface area contributed by atoms with E-state index in [1.165, 1.54) is 29.2 Å². The molecule has 1 amide bonds. The van der Waals surface area contributed by atoms with E-state index in [0.717, 1.165) is 0 Å². The molecule has 4 aromatic rings. The molecule has 1 fully saturated rings. The first-order chi connectivity index (χ1) is 16.5. The summed E-state index contributed by atoms with van der Waals surface area (Å²) in [6, 6.07) is 10.2. The maximum atomic E-state index is 13.7. The molecular formula is C25H22FN5O3. The second-order valence-electron chi connectivity index (χ2n) is 8.17. The van der Waals surface area contributed by atoms with E-state index < -0.39 is 23.5 Å². The number of amides is 1. The van der Waals surface area contributed by atoms with Crippen molar-refractivity contribution in [3.8, 4) is 0 Å². The number of ketones is 1. The molecule has 9 heteroatoms.